The van der Waals surface area contributed by atoms with Gasteiger partial charge in [-0.25, -0.2) is 0 Å². The number of nitrogens with two attached hydrogens (primary N) is 1. The third-order valence-electron chi connectivity index (χ3n) is 5.67. The molecule has 0 aromatic heterocycles. The maximum absolute atomic E-state index is 6.32. The van der Waals surface area contributed by atoms with Gasteiger partial charge >= 0.3 is 0 Å². The van der Waals surface area contributed by atoms with Crippen molar-refractivity contribution in [1.82, 2.24) is 0 Å². The van der Waals surface area contributed by atoms with Crippen molar-refractivity contribution in [3.05, 3.63) is 0 Å². The predicted molar refractivity (Wildman–Crippen MR) is 69.7 cm³/mol. The smallest absolute Gasteiger partial charge is 0.0806 e. The van der Waals surface area contributed by atoms with Crippen molar-refractivity contribution in [3.63, 3.8) is 0 Å². The Labute approximate surface area is 105 Å². The molecule has 3 aliphatic rings. The molecule has 2 bridgehead atoms. The molecule has 0 heterocycles. The highest BCUT2D eigenvalue weighted by atomic mass is 16.5. The number of fused-ring (bicyclic) bond motifs is 2. The first kappa shape index (κ1) is 12.0. The lowest BCUT2D eigenvalue weighted by molar-refractivity contribution is -0.0590. The maximum Gasteiger partial charge on any atom is 0.0806 e. The third kappa shape index (κ3) is 2.26. The first-order valence-electron chi connectivity index (χ1n) is 7.55. The highest BCUT2D eigenvalue weighted by Gasteiger charge is 2.42. The molecule has 0 spiro atoms. The van der Waals surface area contributed by atoms with Crippen LogP contribution in [0.25, 0.3) is 0 Å². The summed E-state index contributed by atoms with van der Waals surface area (Å²) >= 11 is 0. The van der Waals surface area contributed by atoms with Crippen LogP contribution in [0.15, 0.2) is 0 Å². The molecule has 2 nitrogen and oxygen atoms in total. The Kier molecular flexibility index (Phi) is 3.20. The third-order valence-corrected chi connectivity index (χ3v) is 5.67. The molecule has 3 saturated carbocycles. The van der Waals surface area contributed by atoms with E-state index in [2.05, 4.69) is 6.92 Å². The van der Waals surface area contributed by atoms with Crippen LogP contribution in [0.4, 0.5) is 0 Å². The SMILES string of the molecule is CC1CCC(CN)(OCC2CC3CCC2C3)C1. The van der Waals surface area contributed by atoms with Gasteiger partial charge in [-0.1, -0.05) is 13.3 Å². The van der Waals surface area contributed by atoms with Gasteiger partial charge in [0.25, 0.3) is 0 Å². The van der Waals surface area contributed by atoms with Crippen LogP contribution < -0.4 is 5.73 Å². The fraction of sp³-hybridized carbons (Fsp3) is 1.00. The quantitative estimate of drug-likeness (QED) is 0.816. The molecule has 0 radical (unpaired) electrons. The summed E-state index contributed by atoms with van der Waals surface area (Å²) in [6.45, 7) is 4.04. The molecule has 5 atom stereocenters. The largest absolute Gasteiger partial charge is 0.373 e. The van der Waals surface area contributed by atoms with Gasteiger partial charge in [0.2, 0.25) is 0 Å². The molecule has 0 aromatic rings. The van der Waals surface area contributed by atoms with Crippen LogP contribution in [0.1, 0.15) is 51.9 Å². The van der Waals surface area contributed by atoms with Crippen molar-refractivity contribution in [2.45, 2.75) is 57.5 Å². The fourth-order valence-corrected chi connectivity index (χ4v) is 4.59. The van der Waals surface area contributed by atoms with Crippen LogP contribution in [0, 0.1) is 23.7 Å². The van der Waals surface area contributed by atoms with Gasteiger partial charge in [-0.05, 0) is 62.2 Å². The number of hydrogen-bond acceptors (Lipinski definition) is 2. The van der Waals surface area contributed by atoms with Crippen molar-refractivity contribution in [3.8, 4) is 0 Å². The molecular formula is C15H27NO. The number of hydrogen-bond donors (Lipinski definition) is 1. The second-order valence-corrected chi connectivity index (χ2v) is 6.98. The van der Waals surface area contributed by atoms with Gasteiger partial charge in [0.1, 0.15) is 0 Å². The lowest BCUT2D eigenvalue weighted by atomic mass is 9.89. The summed E-state index contributed by atoms with van der Waals surface area (Å²) in [5.41, 5.74) is 6.01. The molecule has 0 saturated heterocycles. The van der Waals surface area contributed by atoms with Crippen molar-refractivity contribution < 1.29 is 4.74 Å². The monoisotopic (exact) mass is 237 g/mol. The van der Waals surface area contributed by atoms with Crippen LogP contribution in [0.2, 0.25) is 0 Å². The van der Waals surface area contributed by atoms with E-state index in [1.54, 1.807) is 0 Å². The summed E-state index contributed by atoms with van der Waals surface area (Å²) in [6, 6.07) is 0. The molecule has 3 rings (SSSR count). The number of ether oxygens (including phenoxy) is 1. The molecule has 0 aromatic carbocycles. The van der Waals surface area contributed by atoms with Gasteiger partial charge in [-0.2, -0.15) is 0 Å². The molecule has 2 N–H and O–H groups in total. The Hall–Kier alpha value is -0.0800. The molecule has 3 aliphatic carbocycles. The van der Waals surface area contributed by atoms with E-state index in [9.17, 15) is 0 Å². The van der Waals surface area contributed by atoms with Gasteiger partial charge < -0.3 is 10.5 Å². The van der Waals surface area contributed by atoms with Gasteiger partial charge in [-0.3, -0.25) is 0 Å². The summed E-state index contributed by atoms with van der Waals surface area (Å²) in [5, 5.41) is 0. The predicted octanol–water partition coefficient (Wildman–Crippen LogP) is 2.96. The van der Waals surface area contributed by atoms with E-state index in [1.165, 1.54) is 44.9 Å². The first-order valence-corrected chi connectivity index (χ1v) is 7.55. The Morgan fingerprint density at radius 2 is 2.12 bits per heavy atom. The molecule has 0 aliphatic heterocycles. The van der Waals surface area contributed by atoms with E-state index in [0.29, 0.717) is 0 Å². The summed E-state index contributed by atoms with van der Waals surface area (Å²) < 4.78 is 6.32. The minimum Gasteiger partial charge on any atom is -0.373 e. The van der Waals surface area contributed by atoms with Gasteiger partial charge in [0, 0.05) is 6.54 Å². The van der Waals surface area contributed by atoms with E-state index in [0.717, 1.165) is 36.8 Å². The zero-order chi connectivity index (χ0) is 11.9. The molecule has 5 unspecified atom stereocenters. The maximum atomic E-state index is 6.32. The van der Waals surface area contributed by atoms with E-state index >= 15 is 0 Å². The first-order chi connectivity index (χ1) is 8.21. The molecule has 17 heavy (non-hydrogen) atoms. The summed E-state index contributed by atoms with van der Waals surface area (Å²) in [6.07, 6.45) is 9.54. The zero-order valence-electron chi connectivity index (χ0n) is 11.2. The van der Waals surface area contributed by atoms with Crippen LogP contribution in [0.3, 0.4) is 0 Å². The normalized spacial score (nSPS) is 49.1. The average molecular weight is 237 g/mol. The lowest BCUT2D eigenvalue weighted by Crippen LogP contribution is -2.40. The summed E-state index contributed by atoms with van der Waals surface area (Å²) in [5.74, 6) is 3.67. The Morgan fingerprint density at radius 3 is 2.65 bits per heavy atom. The minimum atomic E-state index is 0.0429. The van der Waals surface area contributed by atoms with Gasteiger partial charge in [0.05, 0.1) is 12.2 Å². The van der Waals surface area contributed by atoms with Crippen LogP contribution in [-0.2, 0) is 4.74 Å². The second kappa shape index (κ2) is 4.55. The average Bonchev–Trinajstić information content (AvgIpc) is 3.02. The van der Waals surface area contributed by atoms with Crippen molar-refractivity contribution in [2.75, 3.05) is 13.2 Å². The van der Waals surface area contributed by atoms with E-state index in [4.69, 9.17) is 10.5 Å². The molecular weight excluding hydrogens is 210 g/mol. The minimum absolute atomic E-state index is 0.0429. The van der Waals surface area contributed by atoms with Crippen molar-refractivity contribution >= 4 is 0 Å². The summed E-state index contributed by atoms with van der Waals surface area (Å²) in [7, 11) is 0. The Bertz CT molecular complexity index is 280. The van der Waals surface area contributed by atoms with Gasteiger partial charge in [0.15, 0.2) is 0 Å². The molecule has 3 fully saturated rings. The summed E-state index contributed by atoms with van der Waals surface area (Å²) in [4.78, 5) is 0. The standard InChI is InChI=1S/C15H27NO/c1-11-4-5-15(8-11,10-16)17-9-14-7-12-2-3-13(14)6-12/h11-14H,2-10,16H2,1H3. The highest BCUT2D eigenvalue weighted by Crippen LogP contribution is 2.49. The van der Waals surface area contributed by atoms with Crippen LogP contribution in [-0.4, -0.2) is 18.8 Å². The van der Waals surface area contributed by atoms with Crippen LogP contribution in [0.5, 0.6) is 0 Å². The van der Waals surface area contributed by atoms with Crippen LogP contribution >= 0.6 is 0 Å². The molecule has 0 amide bonds. The van der Waals surface area contributed by atoms with E-state index in [1.807, 2.05) is 0 Å². The Morgan fingerprint density at radius 1 is 1.24 bits per heavy atom. The van der Waals surface area contributed by atoms with Crippen molar-refractivity contribution in [1.29, 1.82) is 0 Å². The fourth-order valence-electron chi connectivity index (χ4n) is 4.59. The van der Waals surface area contributed by atoms with Crippen molar-refractivity contribution in [2.24, 2.45) is 29.4 Å². The molecule has 98 valence electrons. The lowest BCUT2D eigenvalue weighted by Gasteiger charge is -2.31. The van der Waals surface area contributed by atoms with E-state index < -0.39 is 0 Å². The molecule has 2 heteroatoms. The van der Waals surface area contributed by atoms with Gasteiger partial charge in [-0.15, -0.1) is 0 Å². The topological polar surface area (TPSA) is 35.2 Å². The number of rotatable bonds is 4. The van der Waals surface area contributed by atoms with E-state index in [-0.39, 0.29) is 5.60 Å². The second-order valence-electron chi connectivity index (χ2n) is 6.98. The highest BCUT2D eigenvalue weighted by molar-refractivity contribution is 4.93. The zero-order valence-corrected chi connectivity index (χ0v) is 11.2. The Balaban J connectivity index is 1.53.